The molecule has 0 heterocycles. The van der Waals surface area contributed by atoms with Crippen LogP contribution in [0.3, 0.4) is 0 Å². The van der Waals surface area contributed by atoms with Crippen LogP contribution in [-0.4, -0.2) is 11.9 Å². The van der Waals surface area contributed by atoms with Gasteiger partial charge < -0.3 is 4.74 Å². The predicted octanol–water partition coefficient (Wildman–Crippen LogP) is 3.60. The van der Waals surface area contributed by atoms with Crippen LogP contribution in [0.4, 0.5) is 0 Å². The molecule has 0 aromatic heterocycles. The zero-order valence-electron chi connectivity index (χ0n) is 8.67. The van der Waals surface area contributed by atoms with E-state index in [9.17, 15) is 0 Å². The molecule has 0 radical (unpaired) electrons. The quantitative estimate of drug-likeness (QED) is 0.781. The van der Waals surface area contributed by atoms with E-state index in [0.717, 1.165) is 22.8 Å². The summed E-state index contributed by atoms with van der Waals surface area (Å²) in [6.45, 7) is 4.13. The first-order valence-corrected chi connectivity index (χ1v) is 5.30. The number of benzene rings is 1. The van der Waals surface area contributed by atoms with Gasteiger partial charge in [-0.2, -0.15) is 12.6 Å². The molecule has 1 aromatic rings. The Balaban J connectivity index is 2.99. The van der Waals surface area contributed by atoms with Crippen molar-refractivity contribution in [3.63, 3.8) is 0 Å². The van der Waals surface area contributed by atoms with Gasteiger partial charge in [0.25, 0.3) is 0 Å². The monoisotopic (exact) mass is 230 g/mol. The summed E-state index contributed by atoms with van der Waals surface area (Å²) in [6.07, 6.45) is 0.833. The summed E-state index contributed by atoms with van der Waals surface area (Å²) in [6, 6.07) is 5.64. The van der Waals surface area contributed by atoms with Crippen LogP contribution in [0.1, 0.15) is 19.4 Å². The maximum Gasteiger partial charge on any atom is 0.122 e. The first-order chi connectivity index (χ1) is 6.42. The molecular formula is C11H15ClOS. The van der Waals surface area contributed by atoms with Gasteiger partial charge >= 0.3 is 0 Å². The molecular weight excluding hydrogens is 216 g/mol. The molecule has 1 nitrogen and oxygen atoms in total. The van der Waals surface area contributed by atoms with E-state index in [4.69, 9.17) is 16.3 Å². The van der Waals surface area contributed by atoms with Crippen molar-refractivity contribution >= 4 is 24.2 Å². The lowest BCUT2D eigenvalue weighted by Gasteiger charge is -2.19. The Morgan fingerprint density at radius 1 is 1.43 bits per heavy atom. The molecule has 3 heteroatoms. The normalized spacial score (nSPS) is 11.5. The third kappa shape index (κ3) is 3.43. The van der Waals surface area contributed by atoms with E-state index in [1.54, 1.807) is 7.11 Å². The van der Waals surface area contributed by atoms with Crippen molar-refractivity contribution in [2.45, 2.75) is 25.0 Å². The Morgan fingerprint density at radius 3 is 2.57 bits per heavy atom. The van der Waals surface area contributed by atoms with Crippen molar-refractivity contribution in [1.29, 1.82) is 0 Å². The standard InChI is InChI=1S/C11H15ClOS/c1-11(2,14)7-8-6-9(12)4-5-10(8)13-3/h4-6,14H,7H2,1-3H3. The zero-order valence-corrected chi connectivity index (χ0v) is 10.3. The molecule has 0 aliphatic rings. The van der Waals surface area contributed by atoms with E-state index in [0.29, 0.717) is 0 Å². The van der Waals surface area contributed by atoms with Crippen LogP contribution in [0.15, 0.2) is 18.2 Å². The molecule has 0 spiro atoms. The summed E-state index contributed by atoms with van der Waals surface area (Å²) >= 11 is 10.4. The number of methoxy groups -OCH3 is 1. The number of hydrogen-bond donors (Lipinski definition) is 1. The Hall–Kier alpha value is -0.340. The van der Waals surface area contributed by atoms with Gasteiger partial charge in [-0.3, -0.25) is 0 Å². The molecule has 0 N–H and O–H groups in total. The number of hydrogen-bond acceptors (Lipinski definition) is 2. The lowest BCUT2D eigenvalue weighted by atomic mass is 10.0. The van der Waals surface area contributed by atoms with Crippen molar-refractivity contribution in [2.75, 3.05) is 7.11 Å². The smallest absolute Gasteiger partial charge is 0.122 e. The van der Waals surface area contributed by atoms with Gasteiger partial charge in [0, 0.05) is 9.77 Å². The third-order valence-corrected chi connectivity index (χ3v) is 2.26. The fourth-order valence-corrected chi connectivity index (χ4v) is 1.72. The van der Waals surface area contributed by atoms with E-state index in [2.05, 4.69) is 26.5 Å². The van der Waals surface area contributed by atoms with Crippen LogP contribution in [-0.2, 0) is 6.42 Å². The highest BCUT2D eigenvalue weighted by Crippen LogP contribution is 2.28. The zero-order chi connectivity index (χ0) is 10.8. The summed E-state index contributed by atoms with van der Waals surface area (Å²) in [5, 5.41) is 0.735. The van der Waals surface area contributed by atoms with Gasteiger partial charge in [-0.05, 0) is 30.2 Å². The number of halogens is 1. The molecule has 0 amide bonds. The topological polar surface area (TPSA) is 9.23 Å². The second kappa shape index (κ2) is 4.45. The molecule has 0 unspecified atom stereocenters. The molecule has 0 aliphatic heterocycles. The lowest BCUT2D eigenvalue weighted by Crippen LogP contribution is -2.14. The van der Waals surface area contributed by atoms with Crippen LogP contribution >= 0.6 is 24.2 Å². The van der Waals surface area contributed by atoms with E-state index in [1.807, 2.05) is 18.2 Å². The van der Waals surface area contributed by atoms with Crippen LogP contribution < -0.4 is 4.74 Å². The number of rotatable bonds is 3. The van der Waals surface area contributed by atoms with Gasteiger partial charge in [-0.25, -0.2) is 0 Å². The van der Waals surface area contributed by atoms with E-state index < -0.39 is 0 Å². The van der Waals surface area contributed by atoms with Gasteiger partial charge in [-0.15, -0.1) is 0 Å². The number of thiol groups is 1. The predicted molar refractivity (Wildman–Crippen MR) is 64.8 cm³/mol. The molecule has 1 rings (SSSR count). The third-order valence-electron chi connectivity index (χ3n) is 1.87. The van der Waals surface area contributed by atoms with Crippen LogP contribution in [0.25, 0.3) is 0 Å². The Morgan fingerprint density at radius 2 is 2.07 bits per heavy atom. The van der Waals surface area contributed by atoms with Crippen LogP contribution in [0.2, 0.25) is 5.02 Å². The minimum absolute atomic E-state index is 0.0576. The van der Waals surface area contributed by atoms with E-state index >= 15 is 0 Å². The van der Waals surface area contributed by atoms with E-state index in [-0.39, 0.29) is 4.75 Å². The molecule has 0 saturated carbocycles. The summed E-state index contributed by atoms with van der Waals surface area (Å²) in [7, 11) is 1.66. The minimum Gasteiger partial charge on any atom is -0.496 e. The van der Waals surface area contributed by atoms with E-state index in [1.165, 1.54) is 0 Å². The molecule has 14 heavy (non-hydrogen) atoms. The lowest BCUT2D eigenvalue weighted by molar-refractivity contribution is 0.408. The van der Waals surface area contributed by atoms with Gasteiger partial charge in [-0.1, -0.05) is 25.4 Å². The fourth-order valence-electron chi connectivity index (χ4n) is 1.35. The summed E-state index contributed by atoms with van der Waals surface area (Å²) in [4.78, 5) is 0. The Kier molecular flexibility index (Phi) is 3.73. The average Bonchev–Trinajstić information content (AvgIpc) is 2.01. The van der Waals surface area contributed by atoms with Crippen molar-refractivity contribution in [1.82, 2.24) is 0 Å². The van der Waals surface area contributed by atoms with Gasteiger partial charge in [0.2, 0.25) is 0 Å². The largest absolute Gasteiger partial charge is 0.496 e. The molecule has 78 valence electrons. The second-order valence-corrected chi connectivity index (χ2v) is 5.59. The Labute approximate surface area is 95.8 Å². The first-order valence-electron chi connectivity index (χ1n) is 4.47. The fraction of sp³-hybridized carbons (Fsp3) is 0.455. The maximum atomic E-state index is 5.92. The number of ether oxygens (including phenoxy) is 1. The SMILES string of the molecule is COc1ccc(Cl)cc1CC(C)(C)S. The summed E-state index contributed by atoms with van der Waals surface area (Å²) in [5.74, 6) is 0.872. The van der Waals surface area contributed by atoms with Gasteiger partial charge in [0.05, 0.1) is 7.11 Å². The Bertz CT molecular complexity index is 318. The minimum atomic E-state index is -0.0576. The second-order valence-electron chi connectivity index (χ2n) is 3.95. The molecule has 0 atom stereocenters. The molecule has 1 aromatic carbocycles. The van der Waals surface area contributed by atoms with Crippen LogP contribution in [0.5, 0.6) is 5.75 Å². The molecule has 0 aliphatic carbocycles. The highest BCUT2D eigenvalue weighted by atomic mass is 35.5. The van der Waals surface area contributed by atoms with Crippen molar-refractivity contribution in [2.24, 2.45) is 0 Å². The van der Waals surface area contributed by atoms with Crippen LogP contribution in [0, 0.1) is 0 Å². The average molecular weight is 231 g/mol. The molecule has 0 fully saturated rings. The summed E-state index contributed by atoms with van der Waals surface area (Å²) in [5.41, 5.74) is 1.10. The molecule has 0 bridgehead atoms. The van der Waals surface area contributed by atoms with Crippen molar-refractivity contribution < 1.29 is 4.74 Å². The van der Waals surface area contributed by atoms with Gasteiger partial charge in [0.15, 0.2) is 0 Å². The highest BCUT2D eigenvalue weighted by molar-refractivity contribution is 7.81. The summed E-state index contributed by atoms with van der Waals surface area (Å²) < 4.78 is 5.20. The van der Waals surface area contributed by atoms with Gasteiger partial charge in [0.1, 0.15) is 5.75 Å². The molecule has 0 saturated heterocycles. The highest BCUT2D eigenvalue weighted by Gasteiger charge is 2.15. The van der Waals surface area contributed by atoms with Crippen molar-refractivity contribution in [3.8, 4) is 5.75 Å². The first kappa shape index (κ1) is 11.7. The van der Waals surface area contributed by atoms with Crippen molar-refractivity contribution in [3.05, 3.63) is 28.8 Å². The maximum absolute atomic E-state index is 5.92.